The summed E-state index contributed by atoms with van der Waals surface area (Å²) in [6.07, 6.45) is 3.55. The Labute approximate surface area is 117 Å². The highest BCUT2D eigenvalue weighted by Crippen LogP contribution is 2.22. The summed E-state index contributed by atoms with van der Waals surface area (Å²) >= 11 is 5.98. The normalized spacial score (nSPS) is 12.4. The molecule has 19 heavy (non-hydrogen) atoms. The second kappa shape index (κ2) is 6.64. The number of hydrogen-bond donors (Lipinski definition) is 1. The summed E-state index contributed by atoms with van der Waals surface area (Å²) in [6, 6.07) is 9.28. The first kappa shape index (κ1) is 14.0. The molecule has 4 heteroatoms. The molecule has 1 atom stereocenters. The first-order valence-corrected chi connectivity index (χ1v) is 6.65. The Kier molecular flexibility index (Phi) is 4.88. The van der Waals surface area contributed by atoms with E-state index in [-0.39, 0.29) is 11.9 Å². The SMILES string of the molecule is CCNC(Cc1cccc(Cl)c1)c1ccncc1F. The Bertz CT molecular complexity index is 545. The van der Waals surface area contributed by atoms with Crippen molar-refractivity contribution >= 4 is 11.6 Å². The number of halogens is 2. The van der Waals surface area contributed by atoms with Gasteiger partial charge in [-0.25, -0.2) is 4.39 Å². The molecule has 1 aromatic heterocycles. The number of nitrogens with one attached hydrogen (secondary N) is 1. The van der Waals surface area contributed by atoms with Crippen LogP contribution in [0.4, 0.5) is 4.39 Å². The predicted molar refractivity (Wildman–Crippen MR) is 75.8 cm³/mol. The molecule has 0 fully saturated rings. The van der Waals surface area contributed by atoms with Crippen LogP contribution in [0.25, 0.3) is 0 Å². The molecular weight excluding hydrogens is 263 g/mol. The number of rotatable bonds is 5. The van der Waals surface area contributed by atoms with Crippen LogP contribution in [0.3, 0.4) is 0 Å². The van der Waals surface area contributed by atoms with Gasteiger partial charge in [0.2, 0.25) is 0 Å². The fourth-order valence-corrected chi connectivity index (χ4v) is 2.32. The lowest BCUT2D eigenvalue weighted by molar-refractivity contribution is 0.507. The van der Waals surface area contributed by atoms with Crippen molar-refractivity contribution in [2.45, 2.75) is 19.4 Å². The molecule has 1 N–H and O–H groups in total. The van der Waals surface area contributed by atoms with Crippen molar-refractivity contribution in [3.8, 4) is 0 Å². The van der Waals surface area contributed by atoms with Gasteiger partial charge in [-0.3, -0.25) is 4.98 Å². The summed E-state index contributed by atoms with van der Waals surface area (Å²) in [6.45, 7) is 2.77. The smallest absolute Gasteiger partial charge is 0.146 e. The van der Waals surface area contributed by atoms with Crippen LogP contribution in [0.5, 0.6) is 0 Å². The number of aromatic nitrogens is 1. The van der Waals surface area contributed by atoms with Crippen LogP contribution in [0, 0.1) is 5.82 Å². The van der Waals surface area contributed by atoms with E-state index in [0.717, 1.165) is 12.1 Å². The van der Waals surface area contributed by atoms with Gasteiger partial charge in [0.05, 0.1) is 6.20 Å². The molecule has 2 aromatic rings. The Hall–Kier alpha value is -1.45. The summed E-state index contributed by atoms with van der Waals surface area (Å²) < 4.78 is 13.8. The molecule has 1 aromatic carbocycles. The number of benzene rings is 1. The van der Waals surface area contributed by atoms with Gasteiger partial charge in [-0.2, -0.15) is 0 Å². The fourth-order valence-electron chi connectivity index (χ4n) is 2.11. The van der Waals surface area contributed by atoms with Gasteiger partial charge in [-0.05, 0) is 36.7 Å². The van der Waals surface area contributed by atoms with Crippen molar-refractivity contribution in [2.24, 2.45) is 0 Å². The summed E-state index contributed by atoms with van der Waals surface area (Å²) in [4.78, 5) is 3.78. The average molecular weight is 279 g/mol. The highest BCUT2D eigenvalue weighted by atomic mass is 35.5. The van der Waals surface area contributed by atoms with Crippen LogP contribution in [0.15, 0.2) is 42.7 Å². The molecule has 2 nitrogen and oxygen atoms in total. The lowest BCUT2D eigenvalue weighted by Crippen LogP contribution is -2.24. The largest absolute Gasteiger partial charge is 0.310 e. The molecule has 0 radical (unpaired) electrons. The molecule has 0 aliphatic rings. The highest BCUT2D eigenvalue weighted by Gasteiger charge is 2.15. The Balaban J connectivity index is 2.24. The first-order chi connectivity index (χ1) is 9.20. The molecule has 0 saturated heterocycles. The molecule has 0 aliphatic heterocycles. The molecule has 1 unspecified atom stereocenters. The standard InChI is InChI=1S/C15H16ClFN2/c1-2-19-15(13-6-7-18-10-14(13)17)9-11-4-3-5-12(16)8-11/h3-8,10,15,19H,2,9H2,1H3. The zero-order valence-electron chi connectivity index (χ0n) is 10.7. The second-order valence-electron chi connectivity index (χ2n) is 4.34. The maximum Gasteiger partial charge on any atom is 0.146 e. The van der Waals surface area contributed by atoms with Crippen molar-refractivity contribution in [1.29, 1.82) is 0 Å². The second-order valence-corrected chi connectivity index (χ2v) is 4.78. The minimum Gasteiger partial charge on any atom is -0.310 e. The maximum absolute atomic E-state index is 13.8. The van der Waals surface area contributed by atoms with Gasteiger partial charge in [0.1, 0.15) is 5.82 Å². The van der Waals surface area contributed by atoms with Crippen LogP contribution in [0.2, 0.25) is 5.02 Å². The van der Waals surface area contributed by atoms with Gasteiger partial charge in [-0.1, -0.05) is 30.7 Å². The number of hydrogen-bond acceptors (Lipinski definition) is 2. The van der Waals surface area contributed by atoms with E-state index in [1.807, 2.05) is 31.2 Å². The molecule has 0 saturated carbocycles. The third kappa shape index (κ3) is 3.75. The first-order valence-electron chi connectivity index (χ1n) is 6.28. The van der Waals surface area contributed by atoms with Gasteiger partial charge >= 0.3 is 0 Å². The number of likely N-dealkylation sites (N-methyl/N-ethyl adjacent to an activating group) is 1. The Morgan fingerprint density at radius 1 is 1.37 bits per heavy atom. The minimum atomic E-state index is -0.282. The molecule has 100 valence electrons. The van der Waals surface area contributed by atoms with Gasteiger partial charge < -0.3 is 5.32 Å². The third-order valence-corrected chi connectivity index (χ3v) is 3.19. The van der Waals surface area contributed by atoms with Crippen LogP contribution >= 0.6 is 11.6 Å². The summed E-state index contributed by atoms with van der Waals surface area (Å²) in [7, 11) is 0. The van der Waals surface area contributed by atoms with Crippen molar-refractivity contribution in [3.63, 3.8) is 0 Å². The van der Waals surface area contributed by atoms with Crippen molar-refractivity contribution < 1.29 is 4.39 Å². The average Bonchev–Trinajstić information content (AvgIpc) is 2.39. The van der Waals surface area contributed by atoms with Gasteiger partial charge in [-0.15, -0.1) is 0 Å². The van der Waals surface area contributed by atoms with E-state index >= 15 is 0 Å². The topological polar surface area (TPSA) is 24.9 Å². The summed E-state index contributed by atoms with van der Waals surface area (Å²) in [5.74, 6) is -0.282. The van der Waals surface area contributed by atoms with E-state index in [9.17, 15) is 4.39 Å². The van der Waals surface area contributed by atoms with Gasteiger partial charge in [0, 0.05) is 22.8 Å². The van der Waals surface area contributed by atoms with E-state index in [4.69, 9.17) is 11.6 Å². The molecule has 0 bridgehead atoms. The fraction of sp³-hybridized carbons (Fsp3) is 0.267. The maximum atomic E-state index is 13.8. The van der Waals surface area contributed by atoms with E-state index in [1.54, 1.807) is 12.3 Å². The van der Waals surface area contributed by atoms with Gasteiger partial charge in [0.25, 0.3) is 0 Å². The third-order valence-electron chi connectivity index (χ3n) is 2.96. The van der Waals surface area contributed by atoms with Crippen LogP contribution in [0.1, 0.15) is 24.1 Å². The van der Waals surface area contributed by atoms with Crippen LogP contribution in [-0.4, -0.2) is 11.5 Å². The zero-order chi connectivity index (χ0) is 13.7. The highest BCUT2D eigenvalue weighted by molar-refractivity contribution is 6.30. The molecular formula is C15H16ClFN2. The lowest BCUT2D eigenvalue weighted by Gasteiger charge is -2.19. The molecule has 0 amide bonds. The van der Waals surface area contributed by atoms with E-state index in [1.165, 1.54) is 6.20 Å². The predicted octanol–water partition coefficient (Wildman–Crippen LogP) is 3.77. The zero-order valence-corrected chi connectivity index (χ0v) is 11.5. The molecule has 2 rings (SSSR count). The monoisotopic (exact) mass is 278 g/mol. The Morgan fingerprint density at radius 3 is 2.89 bits per heavy atom. The van der Waals surface area contributed by atoms with Crippen LogP contribution in [-0.2, 0) is 6.42 Å². The van der Waals surface area contributed by atoms with Gasteiger partial charge in [0.15, 0.2) is 0 Å². The van der Waals surface area contributed by atoms with E-state index in [2.05, 4.69) is 10.3 Å². The van der Waals surface area contributed by atoms with Crippen molar-refractivity contribution in [3.05, 3.63) is 64.7 Å². The Morgan fingerprint density at radius 2 is 2.21 bits per heavy atom. The summed E-state index contributed by atoms with van der Waals surface area (Å²) in [5, 5.41) is 3.99. The molecule has 1 heterocycles. The molecule has 0 spiro atoms. The lowest BCUT2D eigenvalue weighted by atomic mass is 9.99. The van der Waals surface area contributed by atoms with Crippen molar-refractivity contribution in [1.82, 2.24) is 10.3 Å². The minimum absolute atomic E-state index is 0.0773. The van der Waals surface area contributed by atoms with Crippen LogP contribution < -0.4 is 5.32 Å². The summed E-state index contributed by atoms with van der Waals surface area (Å²) in [5.41, 5.74) is 1.71. The van der Waals surface area contributed by atoms with Crippen molar-refractivity contribution in [2.75, 3.05) is 6.54 Å². The molecule has 0 aliphatic carbocycles. The van der Waals surface area contributed by atoms with E-state index in [0.29, 0.717) is 17.0 Å². The van der Waals surface area contributed by atoms with E-state index < -0.39 is 0 Å². The number of pyridine rings is 1. The quantitative estimate of drug-likeness (QED) is 0.901. The number of nitrogens with zero attached hydrogens (tertiary/aromatic N) is 1.